The van der Waals surface area contributed by atoms with Crippen LogP contribution < -0.4 is 19.1 Å². The molecule has 0 aliphatic carbocycles. The quantitative estimate of drug-likeness (QED) is 0.263. The Hall–Kier alpha value is -4.05. The van der Waals surface area contributed by atoms with E-state index in [1.807, 2.05) is 26.0 Å². The molecule has 0 bridgehead atoms. The normalized spacial score (nSPS) is 11.8. The first kappa shape index (κ1) is 31.5. The zero-order valence-corrected chi connectivity index (χ0v) is 24.9. The van der Waals surface area contributed by atoms with Gasteiger partial charge in [0.1, 0.15) is 24.1 Å². The maximum absolute atomic E-state index is 14.1. The Morgan fingerprint density at radius 3 is 2.17 bits per heavy atom. The third-order valence-corrected chi connectivity index (χ3v) is 8.47. The fraction of sp³-hybridized carbons (Fsp3) is 0.355. The van der Waals surface area contributed by atoms with Gasteiger partial charge < -0.3 is 19.7 Å². The summed E-state index contributed by atoms with van der Waals surface area (Å²) in [6.45, 7) is 3.95. The first-order chi connectivity index (χ1) is 19.7. The lowest BCUT2D eigenvalue weighted by atomic mass is 10.1. The number of hydrogen-bond acceptors (Lipinski definition) is 6. The molecule has 9 nitrogen and oxygen atoms in total. The van der Waals surface area contributed by atoms with Gasteiger partial charge in [-0.05, 0) is 54.8 Å². The molecule has 0 aliphatic rings. The van der Waals surface area contributed by atoms with Crippen molar-refractivity contribution in [1.82, 2.24) is 10.2 Å². The van der Waals surface area contributed by atoms with Gasteiger partial charge in [-0.1, -0.05) is 56.7 Å². The van der Waals surface area contributed by atoms with Gasteiger partial charge in [-0.2, -0.15) is 0 Å². The van der Waals surface area contributed by atoms with E-state index in [-0.39, 0.29) is 23.0 Å². The smallest absolute Gasteiger partial charge is 0.264 e. The van der Waals surface area contributed by atoms with Crippen molar-refractivity contribution in [2.75, 3.05) is 31.6 Å². The molecule has 0 aliphatic heterocycles. The molecule has 3 aromatic carbocycles. The van der Waals surface area contributed by atoms with E-state index in [2.05, 4.69) is 5.32 Å². The zero-order chi connectivity index (χ0) is 29.8. The fourth-order valence-electron chi connectivity index (χ4n) is 4.37. The lowest BCUT2D eigenvalue weighted by Gasteiger charge is -2.33. The van der Waals surface area contributed by atoms with Crippen molar-refractivity contribution < 1.29 is 27.5 Å². The molecule has 41 heavy (non-hydrogen) atoms. The average Bonchev–Trinajstić information content (AvgIpc) is 3.00. The summed E-state index contributed by atoms with van der Waals surface area (Å²) < 4.78 is 39.4. The minimum absolute atomic E-state index is 0.0432. The molecule has 0 saturated carbocycles. The molecule has 220 valence electrons. The molecule has 0 radical (unpaired) electrons. The van der Waals surface area contributed by atoms with Crippen LogP contribution >= 0.6 is 0 Å². The second-order valence-corrected chi connectivity index (χ2v) is 11.3. The van der Waals surface area contributed by atoms with Crippen LogP contribution in [-0.4, -0.2) is 58.5 Å². The molecule has 3 aromatic rings. The van der Waals surface area contributed by atoms with Crippen LogP contribution in [0.1, 0.15) is 38.7 Å². The number of carbonyl (C=O) groups excluding carboxylic acids is 2. The second-order valence-electron chi connectivity index (χ2n) is 9.46. The van der Waals surface area contributed by atoms with Gasteiger partial charge in [-0.15, -0.1) is 0 Å². The van der Waals surface area contributed by atoms with Crippen LogP contribution in [0.15, 0.2) is 83.8 Å². The average molecular weight is 582 g/mol. The molecule has 0 heterocycles. The number of nitrogens with one attached hydrogen (secondary N) is 1. The molecular weight excluding hydrogens is 542 g/mol. The Kier molecular flexibility index (Phi) is 11.6. The molecule has 0 aromatic heterocycles. The van der Waals surface area contributed by atoms with E-state index >= 15 is 0 Å². The zero-order valence-electron chi connectivity index (χ0n) is 24.1. The Balaban J connectivity index is 2.03. The SMILES string of the molecule is CCCCNC(=O)C(CC)N(Cc1ccc(OC)cc1)C(=O)CN(c1cccc(OC)c1)S(=O)(=O)c1ccccc1. The molecule has 1 unspecified atom stereocenters. The van der Waals surface area contributed by atoms with Gasteiger partial charge in [0, 0.05) is 19.2 Å². The summed E-state index contributed by atoms with van der Waals surface area (Å²) in [5.74, 6) is 0.316. The van der Waals surface area contributed by atoms with E-state index in [1.54, 1.807) is 61.7 Å². The van der Waals surface area contributed by atoms with Crippen molar-refractivity contribution in [2.24, 2.45) is 0 Å². The number of methoxy groups -OCH3 is 2. The summed E-state index contributed by atoms with van der Waals surface area (Å²) in [5, 5.41) is 2.93. The van der Waals surface area contributed by atoms with Crippen LogP contribution in [0, 0.1) is 0 Å². The van der Waals surface area contributed by atoms with E-state index in [4.69, 9.17) is 9.47 Å². The molecule has 3 rings (SSSR count). The van der Waals surface area contributed by atoms with Gasteiger partial charge in [-0.3, -0.25) is 13.9 Å². The van der Waals surface area contributed by atoms with Crippen LogP contribution in [0.25, 0.3) is 0 Å². The Morgan fingerprint density at radius 1 is 0.878 bits per heavy atom. The molecule has 1 atom stereocenters. The van der Waals surface area contributed by atoms with Crippen molar-refractivity contribution in [3.8, 4) is 11.5 Å². The minimum Gasteiger partial charge on any atom is -0.497 e. The lowest BCUT2D eigenvalue weighted by molar-refractivity contribution is -0.140. The Bertz CT molecular complexity index is 1380. The predicted octanol–water partition coefficient (Wildman–Crippen LogP) is 4.62. The van der Waals surface area contributed by atoms with Crippen LogP contribution in [0.3, 0.4) is 0 Å². The summed E-state index contributed by atoms with van der Waals surface area (Å²) in [7, 11) is -1.09. The van der Waals surface area contributed by atoms with E-state index in [0.717, 1.165) is 22.7 Å². The van der Waals surface area contributed by atoms with Crippen molar-refractivity contribution >= 4 is 27.5 Å². The van der Waals surface area contributed by atoms with Crippen molar-refractivity contribution in [3.05, 3.63) is 84.4 Å². The van der Waals surface area contributed by atoms with Crippen molar-refractivity contribution in [2.45, 2.75) is 50.6 Å². The number of ether oxygens (including phenoxy) is 2. The molecule has 1 N–H and O–H groups in total. The number of nitrogens with zero attached hydrogens (tertiary/aromatic N) is 2. The number of benzene rings is 3. The summed E-state index contributed by atoms with van der Waals surface area (Å²) in [4.78, 5) is 28.9. The highest BCUT2D eigenvalue weighted by atomic mass is 32.2. The number of hydrogen-bond donors (Lipinski definition) is 1. The highest BCUT2D eigenvalue weighted by Crippen LogP contribution is 2.28. The molecular formula is C31H39N3O6S. The van der Waals surface area contributed by atoms with Crippen LogP contribution in [-0.2, 0) is 26.2 Å². The van der Waals surface area contributed by atoms with Crippen LogP contribution in [0.5, 0.6) is 11.5 Å². The monoisotopic (exact) mass is 581 g/mol. The third kappa shape index (κ3) is 8.23. The topological polar surface area (TPSA) is 105 Å². The van der Waals surface area contributed by atoms with Crippen LogP contribution in [0.2, 0.25) is 0 Å². The molecule has 0 fully saturated rings. The largest absolute Gasteiger partial charge is 0.497 e. The first-order valence-electron chi connectivity index (χ1n) is 13.7. The predicted molar refractivity (Wildman–Crippen MR) is 160 cm³/mol. The van der Waals surface area contributed by atoms with E-state index in [9.17, 15) is 18.0 Å². The van der Waals surface area contributed by atoms with Crippen molar-refractivity contribution in [1.29, 1.82) is 0 Å². The molecule has 2 amide bonds. The fourth-order valence-corrected chi connectivity index (χ4v) is 5.79. The summed E-state index contributed by atoms with van der Waals surface area (Å²) in [6, 6.07) is 20.9. The molecule has 10 heteroatoms. The summed E-state index contributed by atoms with van der Waals surface area (Å²) in [5.41, 5.74) is 1.05. The summed E-state index contributed by atoms with van der Waals surface area (Å²) >= 11 is 0. The number of rotatable bonds is 15. The molecule has 0 spiro atoms. The minimum atomic E-state index is -4.15. The van der Waals surface area contributed by atoms with Gasteiger partial charge >= 0.3 is 0 Å². The lowest BCUT2D eigenvalue weighted by Crippen LogP contribution is -2.52. The summed E-state index contributed by atoms with van der Waals surface area (Å²) in [6.07, 6.45) is 2.08. The number of anilines is 1. The van der Waals surface area contributed by atoms with Gasteiger partial charge in [0.15, 0.2) is 0 Å². The van der Waals surface area contributed by atoms with E-state index in [0.29, 0.717) is 24.5 Å². The van der Waals surface area contributed by atoms with Crippen LogP contribution in [0.4, 0.5) is 5.69 Å². The van der Waals surface area contributed by atoms with Crippen molar-refractivity contribution in [3.63, 3.8) is 0 Å². The Labute approximate surface area is 243 Å². The van der Waals surface area contributed by atoms with Gasteiger partial charge in [-0.25, -0.2) is 8.42 Å². The number of carbonyl (C=O) groups is 2. The number of amides is 2. The van der Waals surface area contributed by atoms with E-state index < -0.39 is 28.5 Å². The Morgan fingerprint density at radius 2 is 1.56 bits per heavy atom. The maximum Gasteiger partial charge on any atom is 0.264 e. The second kappa shape index (κ2) is 15.1. The maximum atomic E-state index is 14.1. The van der Waals surface area contributed by atoms with Gasteiger partial charge in [0.25, 0.3) is 10.0 Å². The number of sulfonamides is 1. The van der Waals surface area contributed by atoms with Gasteiger partial charge in [0.05, 0.1) is 24.8 Å². The highest BCUT2D eigenvalue weighted by Gasteiger charge is 2.33. The standard InChI is InChI=1S/C31H39N3O6S/c1-5-7-20-32-31(36)29(6-2)33(22-24-16-18-26(39-3)19-17-24)30(35)23-34(25-12-11-13-27(21-25)40-4)41(37,38)28-14-9-8-10-15-28/h8-19,21,29H,5-7,20,22-23H2,1-4H3,(H,32,36). The van der Waals surface area contributed by atoms with Gasteiger partial charge in [0.2, 0.25) is 11.8 Å². The number of unbranched alkanes of at least 4 members (excludes halogenated alkanes) is 1. The third-order valence-electron chi connectivity index (χ3n) is 6.68. The first-order valence-corrected chi connectivity index (χ1v) is 15.1. The highest BCUT2D eigenvalue weighted by molar-refractivity contribution is 7.92. The van der Waals surface area contributed by atoms with E-state index in [1.165, 1.54) is 24.1 Å². The molecule has 0 saturated heterocycles.